The number of ether oxygens (including phenoxy) is 2. The minimum Gasteiger partial charge on any atom is -0.380 e. The van der Waals surface area contributed by atoms with Crippen LogP contribution in [0.2, 0.25) is 0 Å². The summed E-state index contributed by atoms with van der Waals surface area (Å²) in [6.45, 7) is 13.0. The van der Waals surface area contributed by atoms with Gasteiger partial charge in [0.05, 0.1) is 13.2 Å². The number of nitrogens with zero attached hydrogens (tertiary/aromatic N) is 1. The van der Waals surface area contributed by atoms with Crippen molar-refractivity contribution in [1.29, 1.82) is 0 Å². The maximum atomic E-state index is 5.48. The van der Waals surface area contributed by atoms with Gasteiger partial charge in [0.15, 0.2) is 0 Å². The van der Waals surface area contributed by atoms with Crippen molar-refractivity contribution < 1.29 is 9.47 Å². The average Bonchev–Trinajstić information content (AvgIpc) is 2.53. The van der Waals surface area contributed by atoms with E-state index in [1.54, 1.807) is 0 Å². The van der Waals surface area contributed by atoms with Crippen LogP contribution in [0.5, 0.6) is 0 Å². The van der Waals surface area contributed by atoms with E-state index in [-0.39, 0.29) is 0 Å². The summed E-state index contributed by atoms with van der Waals surface area (Å²) in [6, 6.07) is 0. The summed E-state index contributed by atoms with van der Waals surface area (Å²) in [6.07, 6.45) is 12.5. The van der Waals surface area contributed by atoms with E-state index in [2.05, 4.69) is 25.7 Å². The third-order valence-electron chi connectivity index (χ3n) is 4.09. The standard InChI is InChI=1S/C19H41NO2/c1-4-7-8-9-10-11-12-13-14-15-20(16-18-21-5-2)17-19-22-6-3/h4-19H2,1-3H3. The second kappa shape index (κ2) is 18.9. The van der Waals surface area contributed by atoms with Crippen molar-refractivity contribution in [3.05, 3.63) is 0 Å². The van der Waals surface area contributed by atoms with Crippen LogP contribution in [0.4, 0.5) is 0 Å². The van der Waals surface area contributed by atoms with E-state index in [9.17, 15) is 0 Å². The van der Waals surface area contributed by atoms with Crippen molar-refractivity contribution in [3.63, 3.8) is 0 Å². The number of rotatable bonds is 18. The minimum atomic E-state index is 0.817. The highest BCUT2D eigenvalue weighted by atomic mass is 16.5. The molecule has 134 valence electrons. The highest BCUT2D eigenvalue weighted by Crippen LogP contribution is 2.10. The molecule has 0 rings (SSSR count). The predicted molar refractivity (Wildman–Crippen MR) is 96.7 cm³/mol. The second-order valence-electron chi connectivity index (χ2n) is 6.06. The monoisotopic (exact) mass is 315 g/mol. The number of hydrogen-bond donors (Lipinski definition) is 0. The van der Waals surface area contributed by atoms with Gasteiger partial charge in [-0.05, 0) is 26.8 Å². The molecule has 0 fully saturated rings. The molecule has 0 N–H and O–H groups in total. The Bertz CT molecular complexity index is 190. The van der Waals surface area contributed by atoms with E-state index < -0.39 is 0 Å². The SMILES string of the molecule is CCCCCCCCCCCN(CCOCC)CCOCC. The van der Waals surface area contributed by atoms with Gasteiger partial charge in [0, 0.05) is 26.3 Å². The first-order chi connectivity index (χ1) is 10.8. The van der Waals surface area contributed by atoms with Crippen LogP contribution in [0.3, 0.4) is 0 Å². The van der Waals surface area contributed by atoms with E-state index in [1.165, 1.54) is 64.3 Å². The Hall–Kier alpha value is -0.120. The third-order valence-corrected chi connectivity index (χ3v) is 4.09. The zero-order valence-corrected chi connectivity index (χ0v) is 15.6. The third kappa shape index (κ3) is 16.3. The molecule has 3 nitrogen and oxygen atoms in total. The van der Waals surface area contributed by atoms with Gasteiger partial charge in [-0.3, -0.25) is 4.90 Å². The van der Waals surface area contributed by atoms with Crippen LogP contribution in [0.1, 0.15) is 78.6 Å². The Balaban J connectivity index is 3.51. The summed E-state index contributed by atoms with van der Waals surface area (Å²) in [5.74, 6) is 0. The van der Waals surface area contributed by atoms with Crippen LogP contribution < -0.4 is 0 Å². The fraction of sp³-hybridized carbons (Fsp3) is 1.00. The Labute approximate surface area is 139 Å². The van der Waals surface area contributed by atoms with Gasteiger partial charge in [-0.15, -0.1) is 0 Å². The molecule has 0 bridgehead atoms. The van der Waals surface area contributed by atoms with Crippen LogP contribution in [0.15, 0.2) is 0 Å². The summed E-state index contributed by atoms with van der Waals surface area (Å²) in [4.78, 5) is 2.49. The Kier molecular flexibility index (Phi) is 18.8. The maximum Gasteiger partial charge on any atom is 0.0593 e. The molecule has 0 aliphatic heterocycles. The molecule has 3 heteroatoms. The molecular formula is C19H41NO2. The molecule has 0 aromatic carbocycles. The van der Waals surface area contributed by atoms with Crippen LogP contribution in [-0.2, 0) is 9.47 Å². The summed E-state index contributed by atoms with van der Waals surface area (Å²) in [5.41, 5.74) is 0. The molecule has 0 radical (unpaired) electrons. The van der Waals surface area contributed by atoms with E-state index in [0.29, 0.717) is 0 Å². The largest absolute Gasteiger partial charge is 0.380 e. The first-order valence-electron chi connectivity index (χ1n) is 9.72. The molecule has 0 aromatic rings. The van der Waals surface area contributed by atoms with E-state index >= 15 is 0 Å². The van der Waals surface area contributed by atoms with Crippen LogP contribution in [0, 0.1) is 0 Å². The van der Waals surface area contributed by atoms with Crippen molar-refractivity contribution in [2.45, 2.75) is 78.6 Å². The lowest BCUT2D eigenvalue weighted by molar-refractivity contribution is 0.0820. The molecule has 0 saturated carbocycles. The molecule has 22 heavy (non-hydrogen) atoms. The van der Waals surface area contributed by atoms with Crippen molar-refractivity contribution >= 4 is 0 Å². The van der Waals surface area contributed by atoms with Crippen molar-refractivity contribution in [3.8, 4) is 0 Å². The van der Waals surface area contributed by atoms with Gasteiger partial charge in [0.25, 0.3) is 0 Å². The van der Waals surface area contributed by atoms with E-state index in [0.717, 1.165) is 39.5 Å². The van der Waals surface area contributed by atoms with Gasteiger partial charge in [0.1, 0.15) is 0 Å². The maximum absolute atomic E-state index is 5.48. The fourth-order valence-corrected chi connectivity index (χ4v) is 2.66. The molecule has 0 atom stereocenters. The average molecular weight is 316 g/mol. The number of hydrogen-bond acceptors (Lipinski definition) is 3. The first-order valence-corrected chi connectivity index (χ1v) is 9.72. The van der Waals surface area contributed by atoms with Crippen molar-refractivity contribution in [2.75, 3.05) is 46.1 Å². The van der Waals surface area contributed by atoms with E-state index in [1.807, 2.05) is 0 Å². The first kappa shape index (κ1) is 21.9. The van der Waals surface area contributed by atoms with Gasteiger partial charge in [-0.25, -0.2) is 0 Å². The highest BCUT2D eigenvalue weighted by Gasteiger charge is 2.04. The normalized spacial score (nSPS) is 11.5. The van der Waals surface area contributed by atoms with Gasteiger partial charge in [0.2, 0.25) is 0 Å². The molecule has 0 heterocycles. The Morgan fingerprint density at radius 2 is 1.00 bits per heavy atom. The van der Waals surface area contributed by atoms with Crippen molar-refractivity contribution in [1.82, 2.24) is 4.90 Å². The van der Waals surface area contributed by atoms with Crippen molar-refractivity contribution in [2.24, 2.45) is 0 Å². The molecule has 0 aromatic heterocycles. The summed E-state index contributed by atoms with van der Waals surface area (Å²) >= 11 is 0. The molecule has 0 unspecified atom stereocenters. The van der Waals surface area contributed by atoms with Gasteiger partial charge < -0.3 is 9.47 Å². The van der Waals surface area contributed by atoms with Crippen LogP contribution >= 0.6 is 0 Å². The summed E-state index contributed by atoms with van der Waals surface area (Å²) < 4.78 is 11.0. The van der Waals surface area contributed by atoms with Gasteiger partial charge >= 0.3 is 0 Å². The van der Waals surface area contributed by atoms with Crippen LogP contribution in [0.25, 0.3) is 0 Å². The Morgan fingerprint density at radius 3 is 1.45 bits per heavy atom. The number of unbranched alkanes of at least 4 members (excludes halogenated alkanes) is 8. The predicted octanol–water partition coefficient (Wildman–Crippen LogP) is 4.89. The highest BCUT2D eigenvalue weighted by molar-refractivity contribution is 4.58. The summed E-state index contributed by atoms with van der Waals surface area (Å²) in [5, 5.41) is 0. The fourth-order valence-electron chi connectivity index (χ4n) is 2.66. The Morgan fingerprint density at radius 1 is 0.545 bits per heavy atom. The smallest absolute Gasteiger partial charge is 0.0593 e. The molecule has 0 amide bonds. The zero-order valence-electron chi connectivity index (χ0n) is 15.6. The lowest BCUT2D eigenvalue weighted by Gasteiger charge is -2.22. The minimum absolute atomic E-state index is 0.817. The van der Waals surface area contributed by atoms with Gasteiger partial charge in [-0.2, -0.15) is 0 Å². The molecule has 0 aliphatic carbocycles. The summed E-state index contributed by atoms with van der Waals surface area (Å²) in [7, 11) is 0. The van der Waals surface area contributed by atoms with Gasteiger partial charge in [-0.1, -0.05) is 58.3 Å². The molecular weight excluding hydrogens is 274 g/mol. The molecule has 0 saturated heterocycles. The second-order valence-corrected chi connectivity index (χ2v) is 6.06. The lowest BCUT2D eigenvalue weighted by atomic mass is 10.1. The zero-order chi connectivity index (χ0) is 16.3. The quantitative estimate of drug-likeness (QED) is 0.336. The lowest BCUT2D eigenvalue weighted by Crippen LogP contribution is -2.32. The van der Waals surface area contributed by atoms with E-state index in [4.69, 9.17) is 9.47 Å². The van der Waals surface area contributed by atoms with Crippen LogP contribution in [-0.4, -0.2) is 51.0 Å². The molecule has 0 spiro atoms. The molecule has 0 aliphatic rings. The topological polar surface area (TPSA) is 21.7 Å².